The van der Waals surface area contributed by atoms with Crippen LogP contribution in [0, 0.1) is 5.92 Å². The molecular formula is C18H20Cl2N2O2S. The molecular weight excluding hydrogens is 379 g/mol. The highest BCUT2D eigenvalue weighted by atomic mass is 35.5. The number of amides is 2. The van der Waals surface area contributed by atoms with E-state index < -0.39 is 6.04 Å². The Labute approximate surface area is 161 Å². The summed E-state index contributed by atoms with van der Waals surface area (Å²) in [7, 11) is 1.69. The number of nitrogens with one attached hydrogen (secondary N) is 1. The highest BCUT2D eigenvalue weighted by Gasteiger charge is 2.28. The predicted octanol–water partition coefficient (Wildman–Crippen LogP) is 4.47. The molecule has 1 N–H and O–H groups in total. The van der Waals surface area contributed by atoms with Gasteiger partial charge in [0.25, 0.3) is 5.91 Å². The van der Waals surface area contributed by atoms with Crippen LogP contribution < -0.4 is 5.32 Å². The summed E-state index contributed by atoms with van der Waals surface area (Å²) in [6, 6.07) is 8.24. The summed E-state index contributed by atoms with van der Waals surface area (Å²) in [5, 5.41) is 5.55. The quantitative estimate of drug-likeness (QED) is 0.779. The van der Waals surface area contributed by atoms with Crippen molar-refractivity contribution in [3.8, 4) is 0 Å². The fourth-order valence-corrected chi connectivity index (χ4v) is 3.38. The van der Waals surface area contributed by atoms with E-state index in [1.165, 1.54) is 11.3 Å². The summed E-state index contributed by atoms with van der Waals surface area (Å²) in [5.74, 6) is -0.458. The minimum absolute atomic E-state index is 0.0475. The zero-order valence-corrected chi connectivity index (χ0v) is 16.6. The van der Waals surface area contributed by atoms with Crippen LogP contribution in [-0.4, -0.2) is 29.8 Å². The molecule has 2 rings (SSSR count). The molecule has 1 unspecified atom stereocenters. The molecule has 1 aromatic heterocycles. The molecule has 134 valence electrons. The lowest BCUT2D eigenvalue weighted by Gasteiger charge is -2.27. The number of thiophene rings is 1. The third kappa shape index (κ3) is 4.97. The van der Waals surface area contributed by atoms with Crippen LogP contribution in [0.1, 0.15) is 29.1 Å². The Bertz CT molecular complexity index is 748. The number of likely N-dealkylation sites (N-methyl/N-ethyl adjacent to an activating group) is 1. The van der Waals surface area contributed by atoms with Crippen molar-refractivity contribution in [1.29, 1.82) is 0 Å². The topological polar surface area (TPSA) is 49.4 Å². The second-order valence-corrected chi connectivity index (χ2v) is 7.81. The van der Waals surface area contributed by atoms with Gasteiger partial charge >= 0.3 is 0 Å². The van der Waals surface area contributed by atoms with Crippen LogP contribution in [0.25, 0.3) is 0 Å². The van der Waals surface area contributed by atoms with Crippen LogP contribution in [0.5, 0.6) is 0 Å². The Morgan fingerprint density at radius 3 is 2.52 bits per heavy atom. The van der Waals surface area contributed by atoms with Gasteiger partial charge in [0, 0.05) is 13.6 Å². The van der Waals surface area contributed by atoms with Gasteiger partial charge < -0.3 is 10.2 Å². The summed E-state index contributed by atoms with van der Waals surface area (Å²) in [6.45, 7) is 4.12. The summed E-state index contributed by atoms with van der Waals surface area (Å²) >= 11 is 13.6. The van der Waals surface area contributed by atoms with E-state index in [4.69, 9.17) is 23.2 Å². The van der Waals surface area contributed by atoms with Crippen molar-refractivity contribution in [2.75, 3.05) is 7.05 Å². The standard InChI is InChI=1S/C18H20Cl2N2O2S/c1-11(2)16(21-17(23)14-8-5-9-25-14)18(24)22(3)10-12-6-4-7-13(19)15(12)20/h4-9,11,16H,10H2,1-3H3,(H,21,23). The summed E-state index contributed by atoms with van der Waals surface area (Å²) in [6.07, 6.45) is 0. The zero-order chi connectivity index (χ0) is 18.6. The van der Waals surface area contributed by atoms with E-state index in [0.29, 0.717) is 21.5 Å². The number of benzene rings is 1. The van der Waals surface area contributed by atoms with Crippen molar-refractivity contribution in [2.45, 2.75) is 26.4 Å². The van der Waals surface area contributed by atoms with Crippen LogP contribution in [0.2, 0.25) is 10.0 Å². The molecule has 0 aliphatic carbocycles. The number of carbonyl (C=O) groups excluding carboxylic acids is 2. The van der Waals surface area contributed by atoms with E-state index in [9.17, 15) is 9.59 Å². The molecule has 7 heteroatoms. The highest BCUT2D eigenvalue weighted by molar-refractivity contribution is 7.12. The van der Waals surface area contributed by atoms with Gasteiger partial charge in [-0.15, -0.1) is 11.3 Å². The van der Waals surface area contributed by atoms with E-state index in [1.807, 2.05) is 25.3 Å². The normalized spacial score (nSPS) is 12.1. The fraction of sp³-hybridized carbons (Fsp3) is 0.333. The van der Waals surface area contributed by atoms with Crippen LogP contribution in [0.15, 0.2) is 35.7 Å². The first-order valence-corrected chi connectivity index (χ1v) is 9.47. The lowest BCUT2D eigenvalue weighted by atomic mass is 10.0. The Kier molecular flexibility index (Phi) is 6.87. The highest BCUT2D eigenvalue weighted by Crippen LogP contribution is 2.26. The first-order valence-electron chi connectivity index (χ1n) is 7.83. The number of hydrogen-bond donors (Lipinski definition) is 1. The molecule has 0 aliphatic heterocycles. The maximum Gasteiger partial charge on any atom is 0.262 e. The lowest BCUT2D eigenvalue weighted by Crippen LogP contribution is -2.49. The molecule has 0 bridgehead atoms. The zero-order valence-electron chi connectivity index (χ0n) is 14.3. The van der Waals surface area contributed by atoms with Crippen molar-refractivity contribution < 1.29 is 9.59 Å². The SMILES string of the molecule is CC(C)C(NC(=O)c1cccs1)C(=O)N(C)Cc1cccc(Cl)c1Cl. The van der Waals surface area contributed by atoms with Gasteiger partial charge in [-0.2, -0.15) is 0 Å². The molecule has 2 aromatic rings. The molecule has 0 aliphatic rings. The lowest BCUT2D eigenvalue weighted by molar-refractivity contribution is -0.133. The molecule has 0 fully saturated rings. The Balaban J connectivity index is 2.11. The van der Waals surface area contributed by atoms with Crippen molar-refractivity contribution in [3.05, 3.63) is 56.2 Å². The number of nitrogens with zero attached hydrogens (tertiary/aromatic N) is 1. The molecule has 4 nitrogen and oxygen atoms in total. The van der Waals surface area contributed by atoms with E-state index in [2.05, 4.69) is 5.32 Å². The number of hydrogen-bond acceptors (Lipinski definition) is 3. The van der Waals surface area contributed by atoms with Gasteiger partial charge in [0.2, 0.25) is 5.91 Å². The van der Waals surface area contributed by atoms with E-state index >= 15 is 0 Å². The van der Waals surface area contributed by atoms with Gasteiger partial charge in [-0.05, 0) is 29.0 Å². The predicted molar refractivity (Wildman–Crippen MR) is 103 cm³/mol. The minimum Gasteiger partial charge on any atom is -0.340 e. The first kappa shape index (κ1) is 19.8. The van der Waals surface area contributed by atoms with Gasteiger partial charge in [-0.25, -0.2) is 0 Å². The summed E-state index contributed by atoms with van der Waals surface area (Å²) < 4.78 is 0. The summed E-state index contributed by atoms with van der Waals surface area (Å²) in [5.41, 5.74) is 0.761. The number of halogens is 2. The van der Waals surface area contributed by atoms with E-state index in [-0.39, 0.29) is 17.7 Å². The summed E-state index contributed by atoms with van der Waals surface area (Å²) in [4.78, 5) is 27.3. The second kappa shape index (κ2) is 8.70. The third-order valence-corrected chi connectivity index (χ3v) is 5.51. The van der Waals surface area contributed by atoms with Crippen LogP contribution in [0.3, 0.4) is 0 Å². The maximum atomic E-state index is 12.8. The van der Waals surface area contributed by atoms with Crippen molar-refractivity contribution >= 4 is 46.4 Å². The molecule has 0 saturated carbocycles. The number of carbonyl (C=O) groups is 2. The second-order valence-electron chi connectivity index (χ2n) is 6.08. The monoisotopic (exact) mass is 398 g/mol. The Hall–Kier alpha value is -1.56. The molecule has 2 amide bonds. The van der Waals surface area contributed by atoms with Gasteiger partial charge in [0.1, 0.15) is 6.04 Å². The van der Waals surface area contributed by atoms with Gasteiger partial charge in [0.15, 0.2) is 0 Å². The van der Waals surface area contributed by atoms with Crippen molar-refractivity contribution in [1.82, 2.24) is 10.2 Å². The largest absolute Gasteiger partial charge is 0.340 e. The molecule has 1 heterocycles. The average molecular weight is 399 g/mol. The van der Waals surface area contributed by atoms with E-state index in [0.717, 1.165) is 5.56 Å². The average Bonchev–Trinajstić information content (AvgIpc) is 3.10. The molecule has 1 aromatic carbocycles. The molecule has 1 atom stereocenters. The van der Waals surface area contributed by atoms with Crippen LogP contribution in [0.4, 0.5) is 0 Å². The Morgan fingerprint density at radius 1 is 1.20 bits per heavy atom. The number of rotatable bonds is 6. The minimum atomic E-state index is -0.613. The smallest absolute Gasteiger partial charge is 0.262 e. The maximum absolute atomic E-state index is 12.8. The Morgan fingerprint density at radius 2 is 1.92 bits per heavy atom. The molecule has 0 radical (unpaired) electrons. The van der Waals surface area contributed by atoms with Gasteiger partial charge in [0.05, 0.1) is 14.9 Å². The van der Waals surface area contributed by atoms with Gasteiger partial charge in [-0.3, -0.25) is 9.59 Å². The van der Waals surface area contributed by atoms with Crippen LogP contribution in [-0.2, 0) is 11.3 Å². The molecule has 0 saturated heterocycles. The van der Waals surface area contributed by atoms with Crippen molar-refractivity contribution in [3.63, 3.8) is 0 Å². The first-order chi connectivity index (χ1) is 11.8. The van der Waals surface area contributed by atoms with Crippen molar-refractivity contribution in [2.24, 2.45) is 5.92 Å². The van der Waals surface area contributed by atoms with Crippen LogP contribution >= 0.6 is 34.5 Å². The molecule has 0 spiro atoms. The van der Waals surface area contributed by atoms with Gasteiger partial charge in [-0.1, -0.05) is 55.2 Å². The van der Waals surface area contributed by atoms with E-state index in [1.54, 1.807) is 36.2 Å². The molecule has 25 heavy (non-hydrogen) atoms. The third-order valence-electron chi connectivity index (χ3n) is 3.78. The fourth-order valence-electron chi connectivity index (χ4n) is 2.38.